The number of aryl methyl sites for hydroxylation is 2. The van der Waals surface area contributed by atoms with Crippen molar-refractivity contribution >= 4 is 5.96 Å². The molecular weight excluding hydrogens is 382 g/mol. The highest BCUT2D eigenvalue weighted by Crippen LogP contribution is 2.29. The fourth-order valence-electron chi connectivity index (χ4n) is 2.92. The number of rotatable bonds is 10. The van der Waals surface area contributed by atoms with E-state index in [9.17, 15) is 8.78 Å². The Hall–Kier alpha value is -2.84. The molecule has 2 rings (SSSR count). The quantitative estimate of drug-likeness (QED) is 0.462. The molecule has 0 radical (unpaired) electrons. The summed E-state index contributed by atoms with van der Waals surface area (Å²) in [6, 6.07) is 4.98. The van der Waals surface area contributed by atoms with Gasteiger partial charge in [0.2, 0.25) is 0 Å². The minimum atomic E-state index is -2.90. The number of benzene rings is 1. The largest absolute Gasteiger partial charge is 0.493 e. The molecule has 2 N–H and O–H groups in total. The van der Waals surface area contributed by atoms with E-state index in [4.69, 9.17) is 9.26 Å². The van der Waals surface area contributed by atoms with Crippen molar-refractivity contribution in [1.82, 2.24) is 15.8 Å². The Labute approximate surface area is 169 Å². The molecule has 0 saturated carbocycles. The Balaban J connectivity index is 1.91. The fraction of sp³-hybridized carbons (Fsp3) is 0.500. The Morgan fingerprint density at radius 2 is 2.00 bits per heavy atom. The van der Waals surface area contributed by atoms with Crippen molar-refractivity contribution in [1.29, 1.82) is 0 Å². The van der Waals surface area contributed by atoms with Gasteiger partial charge in [0, 0.05) is 32.1 Å². The lowest BCUT2D eigenvalue weighted by Crippen LogP contribution is -2.38. The Bertz CT molecular complexity index is 788. The first kappa shape index (κ1) is 22.4. The predicted octanol–water partition coefficient (Wildman–Crippen LogP) is 3.32. The lowest BCUT2D eigenvalue weighted by Gasteiger charge is -2.14. The van der Waals surface area contributed by atoms with Gasteiger partial charge in [-0.25, -0.2) is 0 Å². The number of hydrogen-bond donors (Lipinski definition) is 2. The van der Waals surface area contributed by atoms with Crippen molar-refractivity contribution in [2.75, 3.05) is 20.7 Å². The second-order valence-electron chi connectivity index (χ2n) is 6.20. The van der Waals surface area contributed by atoms with Crippen LogP contribution >= 0.6 is 0 Å². The zero-order chi connectivity index (χ0) is 21.2. The standard InChI is InChI=1S/C20H28F2N4O3/c1-5-15-14(16(6-2)29-26-15)12-25-20(23-3)24-10-9-13-7-8-17(27-4)18(11-13)28-19(21)22/h7-8,11,19H,5-6,9-10,12H2,1-4H3,(H2,23,24,25). The lowest BCUT2D eigenvalue weighted by atomic mass is 10.1. The van der Waals surface area contributed by atoms with E-state index in [-0.39, 0.29) is 11.5 Å². The van der Waals surface area contributed by atoms with Gasteiger partial charge in [0.25, 0.3) is 0 Å². The van der Waals surface area contributed by atoms with E-state index in [2.05, 4.69) is 25.5 Å². The van der Waals surface area contributed by atoms with E-state index < -0.39 is 6.61 Å². The molecule has 0 atom stereocenters. The van der Waals surface area contributed by atoms with Gasteiger partial charge in [-0.15, -0.1) is 0 Å². The van der Waals surface area contributed by atoms with Gasteiger partial charge in [-0.05, 0) is 30.5 Å². The number of aromatic nitrogens is 1. The highest BCUT2D eigenvalue weighted by Gasteiger charge is 2.14. The van der Waals surface area contributed by atoms with Gasteiger partial charge in [0.15, 0.2) is 17.5 Å². The molecule has 0 bridgehead atoms. The third kappa shape index (κ3) is 6.33. The summed E-state index contributed by atoms with van der Waals surface area (Å²) >= 11 is 0. The van der Waals surface area contributed by atoms with E-state index >= 15 is 0 Å². The zero-order valence-corrected chi connectivity index (χ0v) is 17.2. The summed E-state index contributed by atoms with van der Waals surface area (Å²) in [5.74, 6) is 1.79. The lowest BCUT2D eigenvalue weighted by molar-refractivity contribution is -0.0512. The maximum Gasteiger partial charge on any atom is 0.387 e. The smallest absolute Gasteiger partial charge is 0.387 e. The molecule has 2 aromatic rings. The van der Waals surface area contributed by atoms with Crippen LogP contribution in [-0.2, 0) is 25.8 Å². The molecule has 1 aromatic heterocycles. The summed E-state index contributed by atoms with van der Waals surface area (Å²) in [6.07, 6.45) is 2.17. The molecule has 0 fully saturated rings. The van der Waals surface area contributed by atoms with Crippen molar-refractivity contribution in [2.24, 2.45) is 4.99 Å². The molecule has 0 aliphatic rings. The molecule has 0 unspecified atom stereocenters. The van der Waals surface area contributed by atoms with E-state index in [0.29, 0.717) is 25.5 Å². The minimum absolute atomic E-state index is 0.0224. The van der Waals surface area contributed by atoms with Crippen LogP contribution in [0.3, 0.4) is 0 Å². The van der Waals surface area contributed by atoms with E-state index in [1.807, 2.05) is 19.9 Å². The highest BCUT2D eigenvalue weighted by molar-refractivity contribution is 5.79. The van der Waals surface area contributed by atoms with Crippen molar-refractivity contribution in [3.05, 3.63) is 40.8 Å². The number of hydrogen-bond acceptors (Lipinski definition) is 5. The number of nitrogens with zero attached hydrogens (tertiary/aromatic N) is 2. The topological polar surface area (TPSA) is 80.9 Å². The number of guanidine groups is 1. The first-order chi connectivity index (χ1) is 14.0. The average Bonchev–Trinajstić information content (AvgIpc) is 3.12. The molecule has 0 amide bonds. The van der Waals surface area contributed by atoms with Gasteiger partial charge >= 0.3 is 6.61 Å². The summed E-state index contributed by atoms with van der Waals surface area (Å²) < 4.78 is 40.1. The molecule has 1 aromatic carbocycles. The van der Waals surface area contributed by atoms with Crippen LogP contribution in [0.5, 0.6) is 11.5 Å². The van der Waals surface area contributed by atoms with Gasteiger partial charge in [0.1, 0.15) is 5.76 Å². The number of methoxy groups -OCH3 is 1. The third-order valence-electron chi connectivity index (χ3n) is 4.41. The van der Waals surface area contributed by atoms with E-state index in [1.54, 1.807) is 19.2 Å². The minimum Gasteiger partial charge on any atom is -0.493 e. The van der Waals surface area contributed by atoms with Crippen molar-refractivity contribution in [3.8, 4) is 11.5 Å². The van der Waals surface area contributed by atoms with Gasteiger partial charge in [-0.3, -0.25) is 4.99 Å². The van der Waals surface area contributed by atoms with Crippen LogP contribution < -0.4 is 20.1 Å². The molecule has 0 aliphatic carbocycles. The van der Waals surface area contributed by atoms with Crippen molar-refractivity contribution in [2.45, 2.75) is 46.3 Å². The number of alkyl halides is 2. The second-order valence-corrected chi connectivity index (χ2v) is 6.20. The first-order valence-corrected chi connectivity index (χ1v) is 9.54. The first-order valence-electron chi connectivity index (χ1n) is 9.54. The van der Waals surface area contributed by atoms with Crippen LogP contribution in [0.15, 0.2) is 27.7 Å². The fourth-order valence-corrected chi connectivity index (χ4v) is 2.92. The Kier molecular flexibility index (Phi) is 8.69. The summed E-state index contributed by atoms with van der Waals surface area (Å²) in [5.41, 5.74) is 2.83. The van der Waals surface area contributed by atoms with Crippen LogP contribution in [0.1, 0.15) is 36.4 Å². The number of aliphatic imine (C=N–C) groups is 1. The third-order valence-corrected chi connectivity index (χ3v) is 4.41. The molecule has 0 aliphatic heterocycles. The summed E-state index contributed by atoms with van der Waals surface area (Å²) in [7, 11) is 3.10. The maximum absolute atomic E-state index is 12.6. The highest BCUT2D eigenvalue weighted by atomic mass is 19.3. The molecule has 160 valence electrons. The molecule has 0 spiro atoms. The Morgan fingerprint density at radius 3 is 2.62 bits per heavy atom. The number of nitrogens with one attached hydrogen (secondary N) is 2. The summed E-state index contributed by atoms with van der Waals surface area (Å²) in [6.45, 7) is 2.28. The van der Waals surface area contributed by atoms with Gasteiger partial charge in [0.05, 0.1) is 12.8 Å². The molecule has 7 nitrogen and oxygen atoms in total. The zero-order valence-electron chi connectivity index (χ0n) is 17.2. The van der Waals surface area contributed by atoms with Crippen LogP contribution in [0.2, 0.25) is 0 Å². The van der Waals surface area contributed by atoms with Crippen LogP contribution in [0.25, 0.3) is 0 Å². The van der Waals surface area contributed by atoms with Gasteiger partial charge in [-0.1, -0.05) is 25.1 Å². The summed E-state index contributed by atoms with van der Waals surface area (Å²) in [4.78, 5) is 4.21. The van der Waals surface area contributed by atoms with Crippen LogP contribution in [0, 0.1) is 0 Å². The average molecular weight is 410 g/mol. The van der Waals surface area contributed by atoms with Crippen LogP contribution in [-0.4, -0.2) is 38.4 Å². The van der Waals surface area contributed by atoms with Gasteiger partial charge in [-0.2, -0.15) is 8.78 Å². The second kappa shape index (κ2) is 11.2. The summed E-state index contributed by atoms with van der Waals surface area (Å²) in [5, 5.41) is 10.6. The molecule has 1 heterocycles. The number of ether oxygens (including phenoxy) is 2. The van der Waals surface area contributed by atoms with Crippen molar-refractivity contribution in [3.63, 3.8) is 0 Å². The predicted molar refractivity (Wildman–Crippen MR) is 107 cm³/mol. The normalized spacial score (nSPS) is 11.6. The van der Waals surface area contributed by atoms with E-state index in [0.717, 1.165) is 35.4 Å². The van der Waals surface area contributed by atoms with Crippen LogP contribution in [0.4, 0.5) is 8.78 Å². The molecule has 29 heavy (non-hydrogen) atoms. The molecular formula is C20H28F2N4O3. The molecule has 9 heteroatoms. The SMILES string of the molecule is CCc1noc(CC)c1CNC(=NC)NCCc1ccc(OC)c(OC(F)F)c1. The van der Waals surface area contributed by atoms with E-state index in [1.165, 1.54) is 7.11 Å². The maximum atomic E-state index is 12.6. The monoisotopic (exact) mass is 410 g/mol. The Morgan fingerprint density at radius 1 is 1.21 bits per heavy atom. The van der Waals surface area contributed by atoms with Crippen molar-refractivity contribution < 1.29 is 22.8 Å². The molecule has 0 saturated heterocycles. The number of halogens is 2. The van der Waals surface area contributed by atoms with Gasteiger partial charge < -0.3 is 24.6 Å².